The molecule has 0 aliphatic carbocycles. The monoisotopic (exact) mass is 408 g/mol. The summed E-state index contributed by atoms with van der Waals surface area (Å²) >= 11 is 1.46. The molecule has 10 heteroatoms. The molecule has 4 aromatic rings. The lowest BCUT2D eigenvalue weighted by atomic mass is 10.2. The Bertz CT molecular complexity index is 1140. The molecule has 2 aromatic heterocycles. The van der Waals surface area contributed by atoms with Gasteiger partial charge >= 0.3 is 0 Å². The average Bonchev–Trinajstić information content (AvgIpc) is 3.37. The lowest BCUT2D eigenvalue weighted by molar-refractivity contribution is -0.384. The van der Waals surface area contributed by atoms with Crippen molar-refractivity contribution in [3.05, 3.63) is 70.6 Å². The third-order valence-corrected chi connectivity index (χ3v) is 5.38. The Morgan fingerprint density at radius 2 is 1.72 bits per heavy atom. The standard InChI is InChI=1S/C19H16N6O3S/c1-12(29-19-23-20-16(24(19)2)13-6-4-3-5-7-13)17-21-22-18(28-17)14-8-10-15(11-9-14)25(26)27/h3-12H,1-2H3/t12-/m0/s1. The minimum atomic E-state index is -0.452. The van der Waals surface area contributed by atoms with Gasteiger partial charge in [-0.1, -0.05) is 42.1 Å². The number of thioether (sulfide) groups is 1. The van der Waals surface area contributed by atoms with Crippen LogP contribution in [0.25, 0.3) is 22.8 Å². The highest BCUT2D eigenvalue weighted by Crippen LogP contribution is 2.35. The zero-order chi connectivity index (χ0) is 20.4. The third-order valence-electron chi connectivity index (χ3n) is 4.26. The van der Waals surface area contributed by atoms with Crippen LogP contribution in [0, 0.1) is 10.1 Å². The van der Waals surface area contributed by atoms with Crippen LogP contribution >= 0.6 is 11.8 Å². The van der Waals surface area contributed by atoms with Crippen LogP contribution in [0.4, 0.5) is 5.69 Å². The first-order chi connectivity index (χ1) is 14.0. The Labute approximate surface area is 170 Å². The Balaban J connectivity index is 1.51. The molecule has 0 fully saturated rings. The lowest BCUT2D eigenvalue weighted by Crippen LogP contribution is -1.97. The molecule has 0 aliphatic heterocycles. The molecular weight excluding hydrogens is 392 g/mol. The number of non-ortho nitro benzene ring substituents is 1. The quantitative estimate of drug-likeness (QED) is 0.264. The lowest BCUT2D eigenvalue weighted by Gasteiger charge is -2.07. The first kappa shape index (κ1) is 18.8. The van der Waals surface area contributed by atoms with Gasteiger partial charge in [0.2, 0.25) is 11.8 Å². The molecule has 0 unspecified atom stereocenters. The van der Waals surface area contributed by atoms with Crippen LogP contribution in [0.5, 0.6) is 0 Å². The Hall–Kier alpha value is -3.53. The zero-order valence-corrected chi connectivity index (χ0v) is 16.4. The predicted octanol–water partition coefficient (Wildman–Crippen LogP) is 4.29. The van der Waals surface area contributed by atoms with Gasteiger partial charge in [-0.15, -0.1) is 20.4 Å². The number of hydrogen-bond acceptors (Lipinski definition) is 8. The molecular formula is C19H16N6O3S. The summed E-state index contributed by atoms with van der Waals surface area (Å²) < 4.78 is 7.69. The molecule has 1 atom stereocenters. The maximum atomic E-state index is 10.8. The summed E-state index contributed by atoms with van der Waals surface area (Å²) in [5.41, 5.74) is 1.62. The van der Waals surface area contributed by atoms with Crippen molar-refractivity contribution in [2.75, 3.05) is 0 Å². The molecule has 0 bridgehead atoms. The summed E-state index contributed by atoms with van der Waals surface area (Å²) in [6.45, 7) is 1.94. The number of nitro benzene ring substituents is 1. The van der Waals surface area contributed by atoms with E-state index < -0.39 is 4.92 Å². The molecule has 2 aromatic carbocycles. The molecule has 29 heavy (non-hydrogen) atoms. The molecule has 2 heterocycles. The van der Waals surface area contributed by atoms with E-state index in [4.69, 9.17) is 4.42 Å². The topological polar surface area (TPSA) is 113 Å². The number of rotatable bonds is 6. The van der Waals surface area contributed by atoms with E-state index in [1.165, 1.54) is 23.9 Å². The molecule has 146 valence electrons. The average molecular weight is 408 g/mol. The van der Waals surface area contributed by atoms with Crippen LogP contribution in [-0.2, 0) is 7.05 Å². The van der Waals surface area contributed by atoms with Gasteiger partial charge in [0.1, 0.15) is 0 Å². The van der Waals surface area contributed by atoms with Crippen LogP contribution in [-0.4, -0.2) is 29.9 Å². The molecule has 0 saturated carbocycles. The van der Waals surface area contributed by atoms with Gasteiger partial charge in [-0.05, 0) is 19.1 Å². The van der Waals surface area contributed by atoms with E-state index >= 15 is 0 Å². The molecule has 0 saturated heterocycles. The minimum Gasteiger partial charge on any atom is -0.419 e. The fourth-order valence-electron chi connectivity index (χ4n) is 2.71. The van der Waals surface area contributed by atoms with Gasteiger partial charge in [0.15, 0.2) is 11.0 Å². The second-order valence-corrected chi connectivity index (χ2v) is 7.55. The highest BCUT2D eigenvalue weighted by atomic mass is 32.2. The number of benzene rings is 2. The second-order valence-electron chi connectivity index (χ2n) is 6.24. The number of hydrogen-bond donors (Lipinski definition) is 0. The number of aromatic nitrogens is 5. The van der Waals surface area contributed by atoms with Gasteiger partial charge in [-0.3, -0.25) is 10.1 Å². The maximum absolute atomic E-state index is 10.8. The largest absolute Gasteiger partial charge is 0.419 e. The summed E-state index contributed by atoms with van der Waals surface area (Å²) in [5.74, 6) is 1.52. The van der Waals surface area contributed by atoms with Crippen LogP contribution in [0.1, 0.15) is 18.1 Å². The molecule has 0 aliphatic rings. The van der Waals surface area contributed by atoms with Gasteiger partial charge in [0.25, 0.3) is 5.69 Å². The van der Waals surface area contributed by atoms with Crippen LogP contribution in [0.2, 0.25) is 0 Å². The van der Waals surface area contributed by atoms with E-state index in [9.17, 15) is 10.1 Å². The Morgan fingerprint density at radius 3 is 2.41 bits per heavy atom. The SMILES string of the molecule is C[C@H](Sc1nnc(-c2ccccc2)n1C)c1nnc(-c2ccc([N+](=O)[O-])cc2)o1. The predicted molar refractivity (Wildman–Crippen MR) is 107 cm³/mol. The number of nitro groups is 1. The van der Waals surface area contributed by atoms with Crippen molar-refractivity contribution in [1.82, 2.24) is 25.0 Å². The van der Waals surface area contributed by atoms with Crippen LogP contribution in [0.15, 0.2) is 64.2 Å². The zero-order valence-electron chi connectivity index (χ0n) is 15.6. The first-order valence-electron chi connectivity index (χ1n) is 8.72. The Morgan fingerprint density at radius 1 is 1.00 bits per heavy atom. The van der Waals surface area contributed by atoms with Gasteiger partial charge in [-0.2, -0.15) is 0 Å². The van der Waals surface area contributed by atoms with E-state index in [0.717, 1.165) is 16.5 Å². The summed E-state index contributed by atoms with van der Waals surface area (Å²) in [6, 6.07) is 15.8. The van der Waals surface area contributed by atoms with Crippen LogP contribution in [0.3, 0.4) is 0 Å². The van der Waals surface area contributed by atoms with Crippen molar-refractivity contribution in [1.29, 1.82) is 0 Å². The van der Waals surface area contributed by atoms with Crippen molar-refractivity contribution in [2.24, 2.45) is 7.05 Å². The summed E-state index contributed by atoms with van der Waals surface area (Å²) in [7, 11) is 1.91. The van der Waals surface area contributed by atoms with Crippen molar-refractivity contribution in [2.45, 2.75) is 17.3 Å². The minimum absolute atomic E-state index is 0.00825. The van der Waals surface area contributed by atoms with Gasteiger partial charge in [0.05, 0.1) is 10.2 Å². The second kappa shape index (κ2) is 7.84. The summed E-state index contributed by atoms with van der Waals surface area (Å²) in [5, 5.41) is 28.1. The van der Waals surface area contributed by atoms with Crippen LogP contribution < -0.4 is 0 Å². The van der Waals surface area contributed by atoms with Crippen molar-refractivity contribution in [3.8, 4) is 22.8 Å². The molecule has 0 amide bonds. The van der Waals surface area contributed by atoms with Gasteiger partial charge < -0.3 is 8.98 Å². The Kier molecular flexibility index (Phi) is 5.09. The van der Waals surface area contributed by atoms with Crippen molar-refractivity contribution in [3.63, 3.8) is 0 Å². The molecule has 0 radical (unpaired) electrons. The third kappa shape index (κ3) is 3.87. The van der Waals surface area contributed by atoms with E-state index in [0.29, 0.717) is 17.3 Å². The maximum Gasteiger partial charge on any atom is 0.269 e. The number of nitrogens with zero attached hydrogens (tertiary/aromatic N) is 6. The normalized spacial score (nSPS) is 12.1. The van der Waals surface area contributed by atoms with Crippen molar-refractivity contribution >= 4 is 17.4 Å². The van der Waals surface area contributed by atoms with Gasteiger partial charge in [-0.25, -0.2) is 0 Å². The molecule has 0 spiro atoms. The summed E-state index contributed by atoms with van der Waals surface area (Å²) in [6.07, 6.45) is 0. The summed E-state index contributed by atoms with van der Waals surface area (Å²) in [4.78, 5) is 10.3. The smallest absolute Gasteiger partial charge is 0.269 e. The van der Waals surface area contributed by atoms with E-state index in [-0.39, 0.29) is 10.9 Å². The highest BCUT2D eigenvalue weighted by Gasteiger charge is 2.20. The van der Waals surface area contributed by atoms with E-state index in [2.05, 4.69) is 20.4 Å². The fourth-order valence-corrected chi connectivity index (χ4v) is 3.55. The molecule has 9 nitrogen and oxygen atoms in total. The molecule has 0 N–H and O–H groups in total. The fraction of sp³-hybridized carbons (Fsp3) is 0.158. The highest BCUT2D eigenvalue weighted by molar-refractivity contribution is 7.99. The van der Waals surface area contributed by atoms with Gasteiger partial charge in [0, 0.05) is 30.3 Å². The van der Waals surface area contributed by atoms with E-state index in [1.54, 1.807) is 12.1 Å². The first-order valence-corrected chi connectivity index (χ1v) is 9.60. The molecule has 4 rings (SSSR count). The van der Waals surface area contributed by atoms with E-state index in [1.807, 2.05) is 48.9 Å². The van der Waals surface area contributed by atoms with Crippen molar-refractivity contribution < 1.29 is 9.34 Å².